The number of aliphatic hydroxyl groups excluding tert-OH is 3. The van der Waals surface area contributed by atoms with E-state index in [0.29, 0.717) is 56.5 Å². The Labute approximate surface area is 659 Å². The second-order valence-corrected chi connectivity index (χ2v) is 33.6. The number of nitrogens with zero attached hydrogens (tertiary/aromatic N) is 12. The minimum Gasteiger partial charge on any atom is -0.790 e. The van der Waals surface area contributed by atoms with E-state index in [-0.39, 0.29) is 116 Å². The predicted octanol–water partition coefficient (Wildman–Crippen LogP) is -0.909. The third kappa shape index (κ3) is 17.7. The molecule has 11 rings (SSSR count). The Hall–Kier alpha value is -8.45. The van der Waals surface area contributed by atoms with Crippen LogP contribution >= 0.6 is 15.6 Å². The van der Waals surface area contributed by atoms with Crippen molar-refractivity contribution in [1.82, 2.24) is 44.4 Å². The molecule has 1 radical (unpaired) electrons. The van der Waals surface area contributed by atoms with E-state index < -0.39 is 182 Å². The van der Waals surface area contributed by atoms with Gasteiger partial charge in [-0.25, -0.2) is 29.9 Å². The average Bonchev–Trinajstić information content (AvgIpc) is 1.53. The van der Waals surface area contributed by atoms with Gasteiger partial charge in [-0.1, -0.05) is 40.7 Å². The van der Waals surface area contributed by atoms with Crippen LogP contribution in [0.1, 0.15) is 151 Å². The van der Waals surface area contributed by atoms with Gasteiger partial charge in [0.2, 0.25) is 41.4 Å². The molecule has 0 aliphatic carbocycles. The number of imidazole rings is 2. The molecule has 0 aromatic carbocycles. The number of hydrogen-bond donors (Lipinski definition) is 12. The molecule has 3 saturated heterocycles. The summed E-state index contributed by atoms with van der Waals surface area (Å²) in [5, 5.41) is 39.3. The van der Waals surface area contributed by atoms with Gasteiger partial charge in [-0.05, 0) is 95.0 Å². The molecule has 11 heterocycles. The van der Waals surface area contributed by atoms with Crippen LogP contribution in [0.15, 0.2) is 68.3 Å². The Morgan fingerprint density at radius 2 is 1.33 bits per heavy atom. The number of rotatable bonds is 29. The SMILES string of the molecule is C/C1=C2N=C(/C=C3N=C(/C(C)=C4\[N-][C@H]([C@H](CC(N)=O)[C@]4(C)CCC(=O)NC[C@H](C)OP(=O)([O-])O[C@H]4[C@@H](O)[C@@H](n5cnc6nc(C)nc(N)c65)O[C@@H]4COP(=O)([O-])[O-])[C@]4(C)N=C1[C@@H](CCC(N)=O)[C@]4(C)CC(N)=O)[C@@H](CCC(N)=O)C\3(C)C)[C@@H](CCC(N)=O)[C@]/2(C)CC(N)=O.[CH2-][C@H]1O[C@@H](n2cnc3c(N)ncnc32)[C@H](O)[C@@H]1O.[Co]. The average molecular weight is 1660 g/mol. The summed E-state index contributed by atoms with van der Waals surface area (Å²) >= 11 is 0. The first-order valence-corrected chi connectivity index (χ1v) is 39.0. The summed E-state index contributed by atoms with van der Waals surface area (Å²) in [7, 11) is -11.3. The van der Waals surface area contributed by atoms with E-state index >= 15 is 0 Å². The van der Waals surface area contributed by atoms with E-state index in [1.807, 2.05) is 20.8 Å². The van der Waals surface area contributed by atoms with Crippen LogP contribution in [-0.2, 0) is 82.5 Å². The number of phosphoric ester groups is 2. The van der Waals surface area contributed by atoms with Gasteiger partial charge in [0, 0.05) is 125 Å². The van der Waals surface area contributed by atoms with Crippen LogP contribution in [0.2, 0.25) is 0 Å². The monoisotopic (exact) mass is 1660 g/mol. The maximum absolute atomic E-state index is 14.4. The summed E-state index contributed by atoms with van der Waals surface area (Å²) in [6.07, 6.45) is -8.19. The summed E-state index contributed by atoms with van der Waals surface area (Å²) in [6, 6.07) is -1.11. The number of ether oxygens (including phenoxy) is 2. The second kappa shape index (κ2) is 33.4. The molecule has 0 saturated carbocycles. The molecule has 7 aliphatic heterocycles. The van der Waals surface area contributed by atoms with Crippen molar-refractivity contribution in [1.29, 1.82) is 0 Å². The number of aliphatic hydroxyl groups is 3. The zero-order valence-electron chi connectivity index (χ0n) is 63.8. The van der Waals surface area contributed by atoms with Crippen molar-refractivity contribution in [3.05, 3.63) is 71.4 Å². The first kappa shape index (κ1) is 88.5. The molecule has 3 fully saturated rings. The zero-order valence-corrected chi connectivity index (χ0v) is 66.6. The zero-order chi connectivity index (χ0) is 82.8. The topological polar surface area (TPSA) is 688 Å². The van der Waals surface area contributed by atoms with E-state index in [4.69, 9.17) is 84.7 Å². The van der Waals surface area contributed by atoms with E-state index in [2.05, 4.69) is 46.7 Å². The van der Waals surface area contributed by atoms with Crippen molar-refractivity contribution in [2.45, 2.75) is 207 Å². The first-order chi connectivity index (χ1) is 52.1. The second-order valence-electron chi connectivity index (χ2n) is 31.1. The molecular weight excluding hydrogens is 1560 g/mol. The Bertz CT molecular complexity index is 4740. The molecular formula is C69H96CoN21O20P2-5. The molecule has 621 valence electrons. The number of aryl methyl sites for hydroxylation is 1. The Morgan fingerprint density at radius 3 is 1.92 bits per heavy atom. The molecule has 7 amide bonds. The molecule has 44 heteroatoms. The number of aromatic nitrogens is 8. The Kier molecular flexibility index (Phi) is 26.2. The Morgan fingerprint density at radius 1 is 0.717 bits per heavy atom. The number of nitrogens with one attached hydrogen (secondary N) is 1. The largest absolute Gasteiger partial charge is 0.790 e. The maximum Gasteiger partial charge on any atom is 0.268 e. The fraction of sp³-hybridized carbons (Fsp3) is 0.609. The number of fused-ring (bicyclic) bond motifs is 8. The minimum absolute atomic E-state index is 0. The molecule has 19 atom stereocenters. The third-order valence-corrected chi connectivity index (χ3v) is 24.7. The van der Waals surface area contributed by atoms with Gasteiger partial charge in [-0.2, -0.15) is 5.70 Å². The number of amides is 7. The summed E-state index contributed by atoms with van der Waals surface area (Å²) in [5.41, 5.74) is 45.7. The van der Waals surface area contributed by atoms with Gasteiger partial charge in [0.15, 0.2) is 35.4 Å². The molecule has 113 heavy (non-hydrogen) atoms. The maximum atomic E-state index is 14.4. The molecule has 4 aromatic heterocycles. The van der Waals surface area contributed by atoms with E-state index in [9.17, 15) is 72.7 Å². The van der Waals surface area contributed by atoms with Crippen LogP contribution in [0.25, 0.3) is 27.6 Å². The van der Waals surface area contributed by atoms with Crippen molar-refractivity contribution >= 4 is 108 Å². The van der Waals surface area contributed by atoms with Crippen molar-refractivity contribution in [3.8, 4) is 0 Å². The summed E-state index contributed by atoms with van der Waals surface area (Å²) in [6.45, 7) is 19.4. The van der Waals surface area contributed by atoms with Gasteiger partial charge < -0.3 is 121 Å². The molecule has 1 unspecified atom stereocenters. The van der Waals surface area contributed by atoms with Crippen LogP contribution in [0.3, 0.4) is 0 Å². The van der Waals surface area contributed by atoms with Crippen molar-refractivity contribution in [2.24, 2.45) is 94.7 Å². The fourth-order valence-electron chi connectivity index (χ4n) is 17.3. The summed E-state index contributed by atoms with van der Waals surface area (Å²) in [5.74, 6) is -7.45. The van der Waals surface area contributed by atoms with Crippen LogP contribution in [0.5, 0.6) is 0 Å². The molecule has 0 spiro atoms. The van der Waals surface area contributed by atoms with Gasteiger partial charge in [-0.15, -0.1) is 0 Å². The number of nitrogens with two attached hydrogens (primary N) is 8. The molecule has 7 aliphatic rings. The van der Waals surface area contributed by atoms with Gasteiger partial charge >= 0.3 is 0 Å². The number of allylic oxidation sites excluding steroid dienone is 6. The molecule has 41 nitrogen and oxygen atoms in total. The van der Waals surface area contributed by atoms with Gasteiger partial charge in [-0.3, -0.25) is 62.2 Å². The van der Waals surface area contributed by atoms with Gasteiger partial charge in [0.05, 0.1) is 44.2 Å². The number of anilines is 2. The van der Waals surface area contributed by atoms with Gasteiger partial charge in [0.1, 0.15) is 53.9 Å². The number of nitrogen functional groups attached to an aromatic ring is 2. The van der Waals surface area contributed by atoms with Crippen LogP contribution < -0.4 is 65.9 Å². The molecule has 4 aromatic rings. The Balaban J connectivity index is 0.000000669. The van der Waals surface area contributed by atoms with Crippen molar-refractivity contribution in [3.63, 3.8) is 0 Å². The number of primary amides is 6. The predicted molar refractivity (Wildman–Crippen MR) is 394 cm³/mol. The van der Waals surface area contributed by atoms with Crippen LogP contribution in [0, 0.1) is 59.2 Å². The van der Waals surface area contributed by atoms with Crippen LogP contribution in [-0.4, -0.2) is 180 Å². The smallest absolute Gasteiger partial charge is 0.268 e. The first-order valence-electron chi connectivity index (χ1n) is 36.1. The normalized spacial score (nSPS) is 32.9. The van der Waals surface area contributed by atoms with Crippen molar-refractivity contribution < 1.29 is 113 Å². The molecule has 8 bridgehead atoms. The number of carbonyl (C=O) groups excluding carboxylic acids is 7. The number of aliphatic imine (C=N–C) groups is 3. The van der Waals surface area contributed by atoms with Gasteiger partial charge in [0.25, 0.3) is 7.82 Å². The summed E-state index contributed by atoms with van der Waals surface area (Å²) < 4.78 is 54.2. The quantitative estimate of drug-likeness (QED) is 0.0231. The fourth-order valence-corrected chi connectivity index (χ4v) is 18.7. The summed E-state index contributed by atoms with van der Waals surface area (Å²) in [4.78, 5) is 171. The standard InChI is InChI=1S/C59H88N16O17P2.C10H12N5O3.Co/c1-26(91-94(87,88)92-48-35(24-89-93(84,85)86)90-54(47(48)83)75-25-68-53-46(75)52(66)69-29(4)70-53)23-67-43(82)17-18-56(7)33(19-40(63)79)51-59(10)58(9,22-42(65)81)32(13-16-39(62)78)45(74-59)28(3)50-57(8,21-41(64)80)30(11-14-37(60)76)34(71-50)20-36-55(5,6)31(12-15-38(61)77)44(72-36)27(2)49(56)73-51;1-4-6(16)7(17)10(18-4)15-3-14-5-8(11)12-2-13-9(5)15;/h20,25-26,30-33,35,47-48,51,54,83H,11-19,21-24H2,1-10H3,(H19,60,61,62,63,64,65,66,67,69,70,71,72,73,74,76,77,78,79,80,81,82,84,85,86,87,88);2-4,6-7,10,16-17H,1H2,(H2,11,12,13);/q;-1;/p-4/t26-,30+,31+,32+,33-,35+,47+,48+,51+,54-,56-,57-,58-,59-;4-,6-,7-,10-;/m01./s1. The number of carbonyl (C=O) groups is 7. The van der Waals surface area contributed by atoms with E-state index in [0.717, 1.165) is 10.9 Å². The number of hydrogen-bond acceptors (Lipinski definition) is 31. The molecule has 20 N–H and O–H groups in total. The van der Waals surface area contributed by atoms with Crippen LogP contribution in [0.4, 0.5) is 11.6 Å². The third-order valence-electron chi connectivity index (χ3n) is 23.1. The van der Waals surface area contributed by atoms with E-state index in [1.54, 1.807) is 47.6 Å². The van der Waals surface area contributed by atoms with Crippen molar-refractivity contribution in [2.75, 3.05) is 24.6 Å². The number of phosphoric acid groups is 2. The minimum atomic E-state index is -5.70. The van der Waals surface area contributed by atoms with E-state index in [1.165, 1.54) is 24.1 Å².